The lowest BCUT2D eigenvalue weighted by atomic mass is 10.00. The van der Waals surface area contributed by atoms with Crippen LogP contribution >= 0.6 is 0 Å². The molecule has 1 heterocycles. The van der Waals surface area contributed by atoms with Gasteiger partial charge < -0.3 is 26.4 Å². The summed E-state index contributed by atoms with van der Waals surface area (Å²) < 4.78 is 0. The molecule has 9 nitrogen and oxygen atoms in total. The van der Waals surface area contributed by atoms with Gasteiger partial charge >= 0.3 is 5.97 Å². The monoisotopic (exact) mass is 488 g/mol. The zero-order valence-electron chi connectivity index (χ0n) is 21.2. The van der Waals surface area contributed by atoms with Gasteiger partial charge in [0.2, 0.25) is 17.7 Å². The largest absolute Gasteiger partial charge is 0.480 e. The van der Waals surface area contributed by atoms with E-state index >= 15 is 0 Å². The Morgan fingerprint density at radius 3 is 2.20 bits per heavy atom. The van der Waals surface area contributed by atoms with Crippen LogP contribution in [0, 0.1) is 11.8 Å². The maximum atomic E-state index is 13.5. The zero-order chi connectivity index (χ0) is 26.1. The minimum atomic E-state index is -1.14. The Hall–Kier alpha value is -2.94. The lowest BCUT2D eigenvalue weighted by Crippen LogP contribution is -2.57. The summed E-state index contributed by atoms with van der Waals surface area (Å²) in [6.07, 6.45) is 2.11. The molecule has 194 valence electrons. The van der Waals surface area contributed by atoms with Gasteiger partial charge in [-0.3, -0.25) is 14.4 Å². The number of carbonyl (C=O) groups excluding carboxylic acids is 3. The van der Waals surface area contributed by atoms with Gasteiger partial charge in [-0.25, -0.2) is 4.79 Å². The van der Waals surface area contributed by atoms with Gasteiger partial charge in [-0.1, -0.05) is 58.0 Å². The SMILES string of the molecule is CC(C)CC(N)C(=O)NC(CC(C)C)C(=O)N1CCCC1C(=O)NC(Cc1ccccc1)C(=O)O. The van der Waals surface area contributed by atoms with Crippen molar-refractivity contribution in [2.75, 3.05) is 6.54 Å². The van der Waals surface area contributed by atoms with Gasteiger partial charge in [0, 0.05) is 13.0 Å². The molecule has 35 heavy (non-hydrogen) atoms. The van der Waals surface area contributed by atoms with E-state index in [-0.39, 0.29) is 30.1 Å². The molecule has 0 aromatic heterocycles. The van der Waals surface area contributed by atoms with Crippen molar-refractivity contribution in [2.45, 2.75) is 84.0 Å². The van der Waals surface area contributed by atoms with Crippen molar-refractivity contribution in [1.82, 2.24) is 15.5 Å². The molecular formula is C26H40N4O5. The Bertz CT molecular complexity index is 874. The molecule has 0 bridgehead atoms. The number of nitrogens with one attached hydrogen (secondary N) is 2. The number of likely N-dealkylation sites (tertiary alicyclic amines) is 1. The van der Waals surface area contributed by atoms with Gasteiger partial charge in [0.1, 0.15) is 18.1 Å². The number of hydrogen-bond donors (Lipinski definition) is 4. The van der Waals surface area contributed by atoms with Crippen LogP contribution in [0.1, 0.15) is 58.9 Å². The molecule has 1 fully saturated rings. The summed E-state index contributed by atoms with van der Waals surface area (Å²) in [5, 5.41) is 15.1. The number of carboxylic acid groups (broad SMARTS) is 1. The van der Waals surface area contributed by atoms with E-state index in [4.69, 9.17) is 5.73 Å². The van der Waals surface area contributed by atoms with Crippen molar-refractivity contribution < 1.29 is 24.3 Å². The fourth-order valence-electron chi connectivity index (χ4n) is 4.41. The van der Waals surface area contributed by atoms with E-state index in [0.717, 1.165) is 5.56 Å². The third-order valence-electron chi connectivity index (χ3n) is 6.12. The molecule has 1 saturated heterocycles. The number of amides is 3. The predicted octanol–water partition coefficient (Wildman–Crippen LogP) is 1.69. The number of rotatable bonds is 12. The Morgan fingerprint density at radius 1 is 1.00 bits per heavy atom. The first kappa shape index (κ1) is 28.3. The average molecular weight is 489 g/mol. The van der Waals surface area contributed by atoms with Gasteiger partial charge in [-0.15, -0.1) is 0 Å². The normalized spacial score (nSPS) is 18.3. The van der Waals surface area contributed by atoms with Crippen LogP contribution in [0.3, 0.4) is 0 Å². The number of hydrogen-bond acceptors (Lipinski definition) is 5. The summed E-state index contributed by atoms with van der Waals surface area (Å²) in [5.74, 6) is -1.99. The van der Waals surface area contributed by atoms with E-state index in [2.05, 4.69) is 10.6 Å². The van der Waals surface area contributed by atoms with E-state index in [0.29, 0.717) is 32.2 Å². The highest BCUT2D eigenvalue weighted by Gasteiger charge is 2.39. The van der Waals surface area contributed by atoms with Gasteiger partial charge in [0.05, 0.1) is 6.04 Å². The Kier molecular flexibility index (Phi) is 10.7. The van der Waals surface area contributed by atoms with Crippen LogP contribution in [0.4, 0.5) is 0 Å². The van der Waals surface area contributed by atoms with Gasteiger partial charge in [-0.05, 0) is 43.1 Å². The molecule has 2 rings (SSSR count). The summed E-state index contributed by atoms with van der Waals surface area (Å²) in [7, 11) is 0. The van der Waals surface area contributed by atoms with Crippen LogP contribution in [0.15, 0.2) is 30.3 Å². The van der Waals surface area contributed by atoms with Crippen molar-refractivity contribution in [3.05, 3.63) is 35.9 Å². The van der Waals surface area contributed by atoms with Crippen LogP contribution in [-0.2, 0) is 25.6 Å². The smallest absolute Gasteiger partial charge is 0.326 e. The molecule has 0 spiro atoms. The maximum absolute atomic E-state index is 13.5. The lowest BCUT2D eigenvalue weighted by Gasteiger charge is -2.30. The van der Waals surface area contributed by atoms with E-state index < -0.39 is 36.0 Å². The number of carboxylic acids is 1. The number of benzene rings is 1. The minimum absolute atomic E-state index is 0.128. The van der Waals surface area contributed by atoms with E-state index in [1.807, 2.05) is 45.9 Å². The highest BCUT2D eigenvalue weighted by Crippen LogP contribution is 2.21. The van der Waals surface area contributed by atoms with Crippen LogP contribution in [0.2, 0.25) is 0 Å². The van der Waals surface area contributed by atoms with Crippen molar-refractivity contribution in [3.63, 3.8) is 0 Å². The summed E-state index contributed by atoms with van der Waals surface area (Å²) in [5.41, 5.74) is 6.81. The molecule has 4 unspecified atom stereocenters. The minimum Gasteiger partial charge on any atom is -0.480 e. The standard InChI is InChI=1S/C26H40N4O5/c1-16(2)13-19(27)23(31)28-20(14-17(3)4)25(33)30-12-8-11-22(30)24(32)29-21(26(34)35)15-18-9-6-5-7-10-18/h5-7,9-10,16-17,19-22H,8,11-15,27H2,1-4H3,(H,28,31)(H,29,32)(H,34,35). The van der Waals surface area contributed by atoms with E-state index in [9.17, 15) is 24.3 Å². The number of nitrogens with two attached hydrogens (primary N) is 1. The summed E-state index contributed by atoms with van der Waals surface area (Å²) in [4.78, 5) is 52.5. The maximum Gasteiger partial charge on any atom is 0.326 e. The topological polar surface area (TPSA) is 142 Å². The molecule has 1 aliphatic heterocycles. The second kappa shape index (κ2) is 13.2. The molecular weight excluding hydrogens is 448 g/mol. The lowest BCUT2D eigenvalue weighted by molar-refractivity contribution is -0.145. The molecule has 1 aromatic rings. The van der Waals surface area contributed by atoms with Gasteiger partial charge in [-0.2, -0.15) is 0 Å². The fraction of sp³-hybridized carbons (Fsp3) is 0.615. The molecule has 1 aromatic carbocycles. The van der Waals surface area contributed by atoms with Crippen LogP contribution in [0.25, 0.3) is 0 Å². The van der Waals surface area contributed by atoms with Crippen molar-refractivity contribution in [3.8, 4) is 0 Å². The third kappa shape index (κ3) is 8.65. The van der Waals surface area contributed by atoms with Crippen molar-refractivity contribution in [1.29, 1.82) is 0 Å². The first-order chi connectivity index (χ1) is 16.5. The Labute approximate surface area is 207 Å². The molecule has 3 amide bonds. The number of aliphatic carboxylic acids is 1. The van der Waals surface area contributed by atoms with Gasteiger partial charge in [0.15, 0.2) is 0 Å². The molecule has 9 heteroatoms. The van der Waals surface area contributed by atoms with Crippen LogP contribution < -0.4 is 16.4 Å². The van der Waals surface area contributed by atoms with Crippen molar-refractivity contribution in [2.24, 2.45) is 17.6 Å². The Balaban J connectivity index is 2.11. The van der Waals surface area contributed by atoms with Crippen LogP contribution in [0.5, 0.6) is 0 Å². The highest BCUT2D eigenvalue weighted by molar-refractivity contribution is 5.94. The second-order valence-electron chi connectivity index (χ2n) is 10.2. The van der Waals surface area contributed by atoms with Gasteiger partial charge in [0.25, 0.3) is 0 Å². The summed E-state index contributed by atoms with van der Waals surface area (Å²) in [6, 6.07) is 5.65. The predicted molar refractivity (Wildman–Crippen MR) is 133 cm³/mol. The molecule has 4 atom stereocenters. The number of carbonyl (C=O) groups is 4. The molecule has 0 aliphatic carbocycles. The quantitative estimate of drug-likeness (QED) is 0.353. The third-order valence-corrected chi connectivity index (χ3v) is 6.12. The van der Waals surface area contributed by atoms with E-state index in [1.165, 1.54) is 4.90 Å². The molecule has 0 radical (unpaired) electrons. The highest BCUT2D eigenvalue weighted by atomic mass is 16.4. The van der Waals surface area contributed by atoms with E-state index in [1.54, 1.807) is 12.1 Å². The van der Waals surface area contributed by atoms with Crippen molar-refractivity contribution >= 4 is 23.7 Å². The number of nitrogens with zero attached hydrogens (tertiary/aromatic N) is 1. The summed E-state index contributed by atoms with van der Waals surface area (Å²) in [6.45, 7) is 8.22. The Morgan fingerprint density at radius 2 is 1.63 bits per heavy atom. The fourth-order valence-corrected chi connectivity index (χ4v) is 4.41. The zero-order valence-corrected chi connectivity index (χ0v) is 21.2. The van der Waals surface area contributed by atoms with Crippen LogP contribution in [-0.4, -0.2) is 64.4 Å². The first-order valence-corrected chi connectivity index (χ1v) is 12.4. The second-order valence-corrected chi connectivity index (χ2v) is 10.2. The molecule has 5 N–H and O–H groups in total. The summed E-state index contributed by atoms with van der Waals surface area (Å²) >= 11 is 0. The first-order valence-electron chi connectivity index (χ1n) is 12.4. The molecule has 1 aliphatic rings. The average Bonchev–Trinajstić information content (AvgIpc) is 3.27. The molecule has 0 saturated carbocycles.